The quantitative estimate of drug-likeness (QED) is 0.357. The van der Waals surface area contributed by atoms with E-state index in [1.54, 1.807) is 36.8 Å². The molecule has 1 aliphatic rings. The number of hydrogen-bond donors (Lipinski definition) is 0. The zero-order valence-corrected chi connectivity index (χ0v) is 20.8. The number of nitrogens with zero attached hydrogens (tertiary/aromatic N) is 6. The van der Waals surface area contributed by atoms with Crippen molar-refractivity contribution in [3.05, 3.63) is 77.7 Å². The van der Waals surface area contributed by atoms with Gasteiger partial charge >= 0.3 is 5.97 Å². The Morgan fingerprint density at radius 3 is 2.46 bits per heavy atom. The second-order valence-electron chi connectivity index (χ2n) is 8.67. The molecule has 0 spiro atoms. The molecule has 0 aliphatic carbocycles. The predicted molar refractivity (Wildman–Crippen MR) is 138 cm³/mol. The number of anilines is 1. The topological polar surface area (TPSA) is 103 Å². The van der Waals surface area contributed by atoms with E-state index in [1.165, 1.54) is 7.11 Å². The van der Waals surface area contributed by atoms with Gasteiger partial charge in [0.1, 0.15) is 17.9 Å². The first kappa shape index (κ1) is 24.2. The van der Waals surface area contributed by atoms with E-state index in [-0.39, 0.29) is 5.91 Å². The number of hydrogen-bond acceptors (Lipinski definition) is 8. The van der Waals surface area contributed by atoms with Crippen molar-refractivity contribution < 1.29 is 19.1 Å². The van der Waals surface area contributed by atoms with Crippen molar-refractivity contribution in [2.24, 2.45) is 0 Å². The summed E-state index contributed by atoms with van der Waals surface area (Å²) in [5.74, 6) is 1.16. The lowest BCUT2D eigenvalue weighted by atomic mass is 10.1. The number of carbonyl (C=O) groups excluding carboxylic acids is 2. The second-order valence-corrected chi connectivity index (χ2v) is 8.67. The minimum atomic E-state index is -0.425. The first-order chi connectivity index (χ1) is 18.1. The highest BCUT2D eigenvalue weighted by Crippen LogP contribution is 2.25. The number of rotatable bonds is 7. The number of benzene rings is 2. The van der Waals surface area contributed by atoms with Gasteiger partial charge in [-0.2, -0.15) is 5.10 Å². The first-order valence-electron chi connectivity index (χ1n) is 12.2. The van der Waals surface area contributed by atoms with Crippen molar-refractivity contribution in [2.45, 2.75) is 13.5 Å². The minimum Gasteiger partial charge on any atom is -0.494 e. The number of methoxy groups -OCH3 is 1. The molecule has 0 unspecified atom stereocenters. The summed E-state index contributed by atoms with van der Waals surface area (Å²) in [6, 6.07) is 14.5. The van der Waals surface area contributed by atoms with E-state index in [1.807, 2.05) is 40.8 Å². The van der Waals surface area contributed by atoms with Gasteiger partial charge in [-0.25, -0.2) is 19.4 Å². The van der Waals surface area contributed by atoms with Crippen molar-refractivity contribution in [1.82, 2.24) is 24.6 Å². The molecule has 2 aromatic carbocycles. The standard InChI is InChI=1S/C27H28N6O4/c1-3-37-22-6-4-5-19(15-22)17-33-25-23(16-30-33)24(28-18-29-25)31-11-13-32(14-12-31)26(34)20-7-9-21(10-8-20)27(35)36-2/h4-10,15-16,18H,3,11-14,17H2,1-2H3. The Balaban J connectivity index is 1.27. The van der Waals surface area contributed by atoms with Crippen LogP contribution in [0.15, 0.2) is 61.1 Å². The molecule has 0 N–H and O–H groups in total. The van der Waals surface area contributed by atoms with Crippen molar-refractivity contribution in [3.8, 4) is 5.75 Å². The van der Waals surface area contributed by atoms with Crippen LogP contribution in [0.3, 0.4) is 0 Å². The molecule has 1 fully saturated rings. The van der Waals surface area contributed by atoms with E-state index in [0.717, 1.165) is 28.2 Å². The summed E-state index contributed by atoms with van der Waals surface area (Å²) >= 11 is 0. The molecular weight excluding hydrogens is 472 g/mol. The van der Waals surface area contributed by atoms with Gasteiger partial charge in [-0.05, 0) is 48.9 Å². The van der Waals surface area contributed by atoms with Gasteiger partial charge in [0, 0.05) is 31.7 Å². The first-order valence-corrected chi connectivity index (χ1v) is 12.2. The average molecular weight is 501 g/mol. The Labute approximate surface area is 214 Å². The van der Waals surface area contributed by atoms with Crippen LogP contribution >= 0.6 is 0 Å². The molecule has 3 heterocycles. The highest BCUT2D eigenvalue weighted by molar-refractivity contribution is 5.96. The molecule has 0 bridgehead atoms. The summed E-state index contributed by atoms with van der Waals surface area (Å²) in [4.78, 5) is 37.7. The van der Waals surface area contributed by atoms with Crippen LogP contribution in [-0.2, 0) is 11.3 Å². The van der Waals surface area contributed by atoms with Crippen LogP contribution < -0.4 is 9.64 Å². The van der Waals surface area contributed by atoms with E-state index in [2.05, 4.69) is 20.0 Å². The smallest absolute Gasteiger partial charge is 0.337 e. The van der Waals surface area contributed by atoms with E-state index < -0.39 is 5.97 Å². The van der Waals surface area contributed by atoms with E-state index in [9.17, 15) is 9.59 Å². The van der Waals surface area contributed by atoms with Crippen LogP contribution in [0.2, 0.25) is 0 Å². The van der Waals surface area contributed by atoms with Crippen molar-refractivity contribution >= 4 is 28.7 Å². The second kappa shape index (κ2) is 10.7. The molecular formula is C27H28N6O4. The summed E-state index contributed by atoms with van der Waals surface area (Å²) < 4.78 is 12.2. The predicted octanol–water partition coefficient (Wildman–Crippen LogP) is 3.02. The van der Waals surface area contributed by atoms with Crippen LogP contribution in [0.25, 0.3) is 11.0 Å². The lowest BCUT2D eigenvalue weighted by Gasteiger charge is -2.35. The van der Waals surface area contributed by atoms with Gasteiger partial charge in [0.25, 0.3) is 5.91 Å². The molecule has 4 aromatic rings. The fraction of sp³-hybridized carbons (Fsp3) is 0.296. The number of aromatic nitrogens is 4. The largest absolute Gasteiger partial charge is 0.494 e. The average Bonchev–Trinajstić information content (AvgIpc) is 3.35. The Bertz CT molecular complexity index is 1410. The number of ether oxygens (including phenoxy) is 2. The number of fused-ring (bicyclic) bond motifs is 1. The van der Waals surface area contributed by atoms with E-state index in [0.29, 0.717) is 50.5 Å². The summed E-state index contributed by atoms with van der Waals surface area (Å²) in [6.45, 7) is 5.54. The number of piperazine rings is 1. The lowest BCUT2D eigenvalue weighted by molar-refractivity contribution is 0.0599. The zero-order valence-electron chi connectivity index (χ0n) is 20.8. The molecule has 0 radical (unpaired) electrons. The summed E-state index contributed by atoms with van der Waals surface area (Å²) in [5, 5.41) is 5.46. The summed E-state index contributed by atoms with van der Waals surface area (Å²) in [6.07, 6.45) is 3.37. The minimum absolute atomic E-state index is 0.0639. The fourth-order valence-electron chi connectivity index (χ4n) is 4.49. The van der Waals surface area contributed by atoms with Crippen LogP contribution in [-0.4, -0.2) is 76.4 Å². The molecule has 10 nitrogen and oxygen atoms in total. The molecule has 0 atom stereocenters. The third kappa shape index (κ3) is 5.09. The summed E-state index contributed by atoms with van der Waals surface area (Å²) in [5.41, 5.74) is 2.79. The highest BCUT2D eigenvalue weighted by atomic mass is 16.5. The molecule has 5 rings (SSSR count). The van der Waals surface area contributed by atoms with Crippen LogP contribution in [0.4, 0.5) is 5.82 Å². The van der Waals surface area contributed by atoms with Gasteiger partial charge in [0.2, 0.25) is 0 Å². The zero-order chi connectivity index (χ0) is 25.8. The maximum absolute atomic E-state index is 13.0. The van der Waals surface area contributed by atoms with Gasteiger partial charge in [-0.3, -0.25) is 4.79 Å². The lowest BCUT2D eigenvalue weighted by Crippen LogP contribution is -2.49. The van der Waals surface area contributed by atoms with E-state index >= 15 is 0 Å². The van der Waals surface area contributed by atoms with Gasteiger partial charge in [-0.15, -0.1) is 0 Å². The number of amides is 1. The summed E-state index contributed by atoms with van der Waals surface area (Å²) in [7, 11) is 1.33. The Kier molecular flexibility index (Phi) is 6.98. The molecule has 0 saturated carbocycles. The molecule has 1 amide bonds. The highest BCUT2D eigenvalue weighted by Gasteiger charge is 2.25. The fourth-order valence-corrected chi connectivity index (χ4v) is 4.49. The van der Waals surface area contributed by atoms with Crippen LogP contribution in [0.5, 0.6) is 5.75 Å². The SMILES string of the molecule is CCOc1cccc(Cn2ncc3c(N4CCN(C(=O)c5ccc(C(=O)OC)cc5)CC4)ncnc32)c1. The Morgan fingerprint density at radius 1 is 0.973 bits per heavy atom. The van der Waals surface area contributed by atoms with Gasteiger partial charge in [0.05, 0.1) is 37.4 Å². The van der Waals surface area contributed by atoms with Gasteiger partial charge < -0.3 is 19.3 Å². The van der Waals surface area contributed by atoms with Crippen LogP contribution in [0.1, 0.15) is 33.2 Å². The maximum Gasteiger partial charge on any atom is 0.337 e. The monoisotopic (exact) mass is 500 g/mol. The molecule has 10 heteroatoms. The number of carbonyl (C=O) groups is 2. The van der Waals surface area contributed by atoms with Crippen molar-refractivity contribution in [1.29, 1.82) is 0 Å². The molecule has 37 heavy (non-hydrogen) atoms. The third-order valence-electron chi connectivity index (χ3n) is 6.37. The van der Waals surface area contributed by atoms with Crippen molar-refractivity contribution in [2.75, 3.05) is 44.8 Å². The number of esters is 1. The maximum atomic E-state index is 13.0. The molecule has 2 aromatic heterocycles. The van der Waals surface area contributed by atoms with E-state index in [4.69, 9.17) is 9.47 Å². The van der Waals surface area contributed by atoms with Crippen LogP contribution in [0, 0.1) is 0 Å². The molecule has 1 saturated heterocycles. The Hall–Kier alpha value is -4.47. The molecule has 190 valence electrons. The Morgan fingerprint density at radius 2 is 1.73 bits per heavy atom. The van der Waals surface area contributed by atoms with Gasteiger partial charge in [0.15, 0.2) is 5.65 Å². The molecule has 1 aliphatic heterocycles. The van der Waals surface area contributed by atoms with Gasteiger partial charge in [-0.1, -0.05) is 12.1 Å². The normalized spacial score (nSPS) is 13.6. The third-order valence-corrected chi connectivity index (χ3v) is 6.37. The van der Waals surface area contributed by atoms with Crippen molar-refractivity contribution in [3.63, 3.8) is 0 Å².